The van der Waals surface area contributed by atoms with Crippen molar-refractivity contribution in [3.05, 3.63) is 22.4 Å². The van der Waals surface area contributed by atoms with Crippen molar-refractivity contribution in [2.75, 3.05) is 12.8 Å². The molecule has 0 spiro atoms. The minimum absolute atomic E-state index is 0.231. The number of hydrogen-bond acceptors (Lipinski definition) is 3. The molecule has 0 saturated carbocycles. The van der Waals surface area contributed by atoms with Crippen LogP contribution >= 0.6 is 11.3 Å². The summed E-state index contributed by atoms with van der Waals surface area (Å²) in [6, 6.07) is 3.88. The Morgan fingerprint density at radius 3 is 2.71 bits per heavy atom. The average Bonchev–Trinajstić information content (AvgIpc) is 2.56. The molecule has 0 atom stereocenters. The van der Waals surface area contributed by atoms with Crippen LogP contribution in [0.2, 0.25) is 0 Å². The maximum absolute atomic E-state index is 11.6. The van der Waals surface area contributed by atoms with Gasteiger partial charge >= 0.3 is 0 Å². The van der Waals surface area contributed by atoms with Crippen molar-refractivity contribution in [3.8, 4) is 0 Å². The summed E-state index contributed by atoms with van der Waals surface area (Å²) in [7, 11) is -1.42. The topological polar surface area (TPSA) is 37.4 Å². The van der Waals surface area contributed by atoms with Gasteiger partial charge in [0.15, 0.2) is 0 Å². The van der Waals surface area contributed by atoms with Gasteiger partial charge in [-0.3, -0.25) is 0 Å². The summed E-state index contributed by atoms with van der Waals surface area (Å²) in [6.45, 7) is 2.36. The molecule has 0 fully saturated rings. The van der Waals surface area contributed by atoms with E-state index in [1.54, 1.807) is 18.4 Å². The van der Waals surface area contributed by atoms with Crippen LogP contribution in [0.25, 0.3) is 0 Å². The first-order valence-electron chi connectivity index (χ1n) is 4.52. The van der Waals surface area contributed by atoms with E-state index in [0.717, 1.165) is 4.88 Å². The Bertz CT molecular complexity index is 356. The van der Waals surface area contributed by atoms with Crippen LogP contribution in [-0.4, -0.2) is 25.5 Å². The molecule has 1 heterocycles. The molecule has 80 valence electrons. The smallest absolute Gasteiger partial charge is 0.212 e. The molecule has 0 aromatic carbocycles. The van der Waals surface area contributed by atoms with Crippen molar-refractivity contribution in [1.29, 1.82) is 0 Å². The van der Waals surface area contributed by atoms with Crippen molar-refractivity contribution in [1.82, 2.24) is 4.31 Å². The fraction of sp³-hybridized carbons (Fsp3) is 0.556. The zero-order valence-electron chi connectivity index (χ0n) is 8.43. The summed E-state index contributed by atoms with van der Waals surface area (Å²) in [6.07, 6.45) is 0.664. The molecule has 5 heteroatoms. The van der Waals surface area contributed by atoms with Crippen LogP contribution in [0.4, 0.5) is 0 Å². The highest BCUT2D eigenvalue weighted by Crippen LogP contribution is 2.13. The Kier molecular flexibility index (Phi) is 4.10. The average molecular weight is 233 g/mol. The van der Waals surface area contributed by atoms with Crippen LogP contribution in [0.3, 0.4) is 0 Å². The lowest BCUT2D eigenvalue weighted by atomic mass is 10.5. The van der Waals surface area contributed by atoms with Crippen LogP contribution in [0.1, 0.15) is 18.2 Å². The number of hydrogen-bond donors (Lipinski definition) is 0. The molecule has 0 aliphatic rings. The van der Waals surface area contributed by atoms with Gasteiger partial charge in [-0.05, 0) is 17.9 Å². The molecule has 0 bridgehead atoms. The van der Waals surface area contributed by atoms with E-state index in [4.69, 9.17) is 0 Å². The third kappa shape index (κ3) is 3.08. The van der Waals surface area contributed by atoms with Crippen molar-refractivity contribution in [3.63, 3.8) is 0 Å². The van der Waals surface area contributed by atoms with E-state index in [1.165, 1.54) is 4.31 Å². The molecule has 0 aliphatic carbocycles. The standard InChI is InChI=1S/C9H15NO2S2/c1-3-7-14(11,12)10(2)8-9-5-4-6-13-9/h4-6H,3,7-8H2,1-2H3. The third-order valence-corrected chi connectivity index (χ3v) is 4.76. The van der Waals surface area contributed by atoms with Gasteiger partial charge in [0, 0.05) is 18.5 Å². The number of nitrogens with zero attached hydrogens (tertiary/aromatic N) is 1. The lowest BCUT2D eigenvalue weighted by Crippen LogP contribution is -2.28. The quantitative estimate of drug-likeness (QED) is 0.779. The SMILES string of the molecule is CCCS(=O)(=O)N(C)Cc1cccs1. The van der Waals surface area contributed by atoms with Gasteiger partial charge in [-0.15, -0.1) is 11.3 Å². The molecule has 14 heavy (non-hydrogen) atoms. The van der Waals surface area contributed by atoms with E-state index < -0.39 is 10.0 Å². The van der Waals surface area contributed by atoms with E-state index in [2.05, 4.69) is 0 Å². The Hall–Kier alpha value is -0.390. The molecule has 0 N–H and O–H groups in total. The van der Waals surface area contributed by atoms with Crippen molar-refractivity contribution >= 4 is 21.4 Å². The highest BCUT2D eigenvalue weighted by molar-refractivity contribution is 7.89. The van der Waals surface area contributed by atoms with E-state index >= 15 is 0 Å². The van der Waals surface area contributed by atoms with Crippen LogP contribution in [-0.2, 0) is 16.6 Å². The maximum atomic E-state index is 11.6. The number of thiophene rings is 1. The van der Waals surface area contributed by atoms with Gasteiger partial charge in [-0.2, -0.15) is 4.31 Å². The molecular weight excluding hydrogens is 218 g/mol. The lowest BCUT2D eigenvalue weighted by Gasteiger charge is -2.15. The summed E-state index contributed by atoms with van der Waals surface area (Å²) in [5.41, 5.74) is 0. The molecule has 1 rings (SSSR count). The molecule has 0 amide bonds. The summed E-state index contributed by atoms with van der Waals surface area (Å²) in [5.74, 6) is 0.231. The van der Waals surface area contributed by atoms with E-state index in [-0.39, 0.29) is 5.75 Å². The fourth-order valence-electron chi connectivity index (χ4n) is 1.13. The van der Waals surface area contributed by atoms with Gasteiger partial charge in [-0.1, -0.05) is 13.0 Å². The highest BCUT2D eigenvalue weighted by Gasteiger charge is 2.16. The van der Waals surface area contributed by atoms with Gasteiger partial charge in [0.25, 0.3) is 0 Å². The highest BCUT2D eigenvalue weighted by atomic mass is 32.2. The number of sulfonamides is 1. The second-order valence-corrected chi connectivity index (χ2v) is 6.38. The number of rotatable bonds is 5. The van der Waals surface area contributed by atoms with Gasteiger partial charge < -0.3 is 0 Å². The van der Waals surface area contributed by atoms with Crippen molar-refractivity contribution in [2.45, 2.75) is 19.9 Å². The molecule has 0 unspecified atom stereocenters. The van der Waals surface area contributed by atoms with Gasteiger partial charge in [0.2, 0.25) is 10.0 Å². The summed E-state index contributed by atoms with van der Waals surface area (Å²) in [4.78, 5) is 1.08. The van der Waals surface area contributed by atoms with E-state index in [9.17, 15) is 8.42 Å². The van der Waals surface area contributed by atoms with Crippen LogP contribution in [0, 0.1) is 0 Å². The second-order valence-electron chi connectivity index (χ2n) is 3.15. The Labute approximate surface area is 89.4 Å². The minimum atomic E-state index is -3.05. The van der Waals surface area contributed by atoms with Crippen molar-refractivity contribution in [2.24, 2.45) is 0 Å². The molecule has 0 aliphatic heterocycles. The Morgan fingerprint density at radius 1 is 1.50 bits per heavy atom. The minimum Gasteiger partial charge on any atom is -0.212 e. The van der Waals surface area contributed by atoms with Crippen LogP contribution < -0.4 is 0 Å². The van der Waals surface area contributed by atoms with Crippen LogP contribution in [0.5, 0.6) is 0 Å². The lowest BCUT2D eigenvalue weighted by molar-refractivity contribution is 0.469. The van der Waals surface area contributed by atoms with Gasteiger partial charge in [-0.25, -0.2) is 8.42 Å². The largest absolute Gasteiger partial charge is 0.214 e. The molecule has 3 nitrogen and oxygen atoms in total. The fourth-order valence-corrected chi connectivity index (χ4v) is 3.14. The third-order valence-electron chi connectivity index (χ3n) is 1.90. The first-order chi connectivity index (χ1) is 6.56. The normalized spacial score (nSPS) is 12.2. The molecule has 0 saturated heterocycles. The summed E-state index contributed by atoms with van der Waals surface area (Å²) >= 11 is 1.58. The Morgan fingerprint density at radius 2 is 2.21 bits per heavy atom. The molecule has 0 radical (unpaired) electrons. The predicted molar refractivity (Wildman–Crippen MR) is 59.9 cm³/mol. The van der Waals surface area contributed by atoms with Gasteiger partial charge in [0.1, 0.15) is 0 Å². The maximum Gasteiger partial charge on any atom is 0.214 e. The zero-order chi connectivity index (χ0) is 10.6. The van der Waals surface area contributed by atoms with Crippen molar-refractivity contribution < 1.29 is 8.42 Å². The second kappa shape index (κ2) is 4.91. The predicted octanol–water partition coefficient (Wildman–Crippen LogP) is 1.92. The summed E-state index contributed by atoms with van der Waals surface area (Å²) in [5, 5.41) is 1.95. The molecule has 1 aromatic rings. The van der Waals surface area contributed by atoms with Gasteiger partial charge in [0.05, 0.1) is 5.75 Å². The zero-order valence-corrected chi connectivity index (χ0v) is 10.1. The van der Waals surface area contributed by atoms with E-state index in [1.807, 2.05) is 24.4 Å². The molecule has 1 aromatic heterocycles. The first-order valence-corrected chi connectivity index (χ1v) is 7.01. The molecular formula is C9H15NO2S2. The van der Waals surface area contributed by atoms with Crippen LogP contribution in [0.15, 0.2) is 17.5 Å². The Balaban J connectivity index is 2.62. The first kappa shape index (κ1) is 11.7. The monoisotopic (exact) mass is 233 g/mol. The van der Waals surface area contributed by atoms with E-state index in [0.29, 0.717) is 13.0 Å². The summed E-state index contributed by atoms with van der Waals surface area (Å²) < 4.78 is 24.6.